The van der Waals surface area contributed by atoms with Gasteiger partial charge in [0.15, 0.2) is 11.6 Å². The highest BCUT2D eigenvalue weighted by atomic mass is 16.5. The zero-order valence-corrected chi connectivity index (χ0v) is 19.1. The highest BCUT2D eigenvalue weighted by Gasteiger charge is 2.17. The molecule has 0 amide bonds. The summed E-state index contributed by atoms with van der Waals surface area (Å²) >= 11 is 0. The minimum Gasteiger partial charge on any atom is -0.507 e. The van der Waals surface area contributed by atoms with Crippen molar-refractivity contribution in [3.8, 4) is 51.8 Å². The summed E-state index contributed by atoms with van der Waals surface area (Å²) < 4.78 is 21.8. The molecule has 0 unspecified atom stereocenters. The number of rotatable bonds is 12. The van der Waals surface area contributed by atoms with Crippen molar-refractivity contribution in [2.75, 3.05) is 33.5 Å². The van der Waals surface area contributed by atoms with Gasteiger partial charge in [0.1, 0.15) is 29.6 Å². The lowest BCUT2D eigenvalue weighted by molar-refractivity contribution is 0.141. The maximum absolute atomic E-state index is 10.6. The summed E-state index contributed by atoms with van der Waals surface area (Å²) in [5.41, 5.74) is 0.753. The Labute approximate surface area is 193 Å². The maximum atomic E-state index is 10.6. The molecule has 1 aromatic heterocycles. The number of nitrogens with zero attached hydrogens (tertiary/aromatic N) is 3. The Morgan fingerprint density at radius 2 is 1.18 bits per heavy atom. The first-order chi connectivity index (χ1) is 16.0. The Balaban J connectivity index is 2.00. The second-order valence-corrected chi connectivity index (χ2v) is 7.16. The molecule has 0 saturated heterocycles. The van der Waals surface area contributed by atoms with Crippen molar-refractivity contribution in [3.05, 3.63) is 36.4 Å². The molecule has 176 valence electrons. The molecule has 1 heterocycles. The van der Waals surface area contributed by atoms with E-state index in [0.29, 0.717) is 42.4 Å². The molecule has 3 rings (SSSR count). The van der Waals surface area contributed by atoms with Crippen LogP contribution >= 0.6 is 0 Å². The van der Waals surface area contributed by atoms with E-state index in [1.54, 1.807) is 31.4 Å². The summed E-state index contributed by atoms with van der Waals surface area (Å²) in [4.78, 5) is 13.1. The number of phenolic OH excluding ortho intramolecular Hbond substituents is 2. The maximum Gasteiger partial charge on any atom is 0.320 e. The van der Waals surface area contributed by atoms with Gasteiger partial charge < -0.3 is 29.2 Å². The van der Waals surface area contributed by atoms with Crippen LogP contribution < -0.4 is 14.2 Å². The quantitative estimate of drug-likeness (QED) is 0.387. The molecule has 9 nitrogen and oxygen atoms in total. The fraction of sp³-hybridized carbons (Fsp3) is 0.375. The highest BCUT2D eigenvalue weighted by molar-refractivity contribution is 5.70. The zero-order valence-electron chi connectivity index (χ0n) is 19.1. The molecule has 0 aliphatic carbocycles. The van der Waals surface area contributed by atoms with E-state index in [0.717, 1.165) is 12.8 Å². The van der Waals surface area contributed by atoms with Gasteiger partial charge in [-0.2, -0.15) is 9.97 Å². The van der Waals surface area contributed by atoms with Crippen LogP contribution in [0, 0.1) is 0 Å². The molecular formula is C24H29N3O6. The molecule has 0 radical (unpaired) electrons. The molecule has 2 aromatic carbocycles. The number of aromatic hydroxyl groups is 2. The molecule has 0 fully saturated rings. The molecule has 0 atom stereocenters. The lowest BCUT2D eigenvalue weighted by Crippen LogP contribution is -2.09. The molecule has 3 aromatic rings. The third kappa shape index (κ3) is 6.45. The first kappa shape index (κ1) is 24.1. The summed E-state index contributed by atoms with van der Waals surface area (Å²) in [6.07, 6.45) is 1.71. The minimum atomic E-state index is -0.0452. The van der Waals surface area contributed by atoms with Gasteiger partial charge in [0.25, 0.3) is 0 Å². The molecule has 9 heteroatoms. The number of hydrogen-bond donors (Lipinski definition) is 2. The van der Waals surface area contributed by atoms with E-state index in [-0.39, 0.29) is 35.8 Å². The van der Waals surface area contributed by atoms with Crippen molar-refractivity contribution in [1.82, 2.24) is 15.0 Å². The first-order valence-corrected chi connectivity index (χ1v) is 10.9. The Bertz CT molecular complexity index is 985. The number of ether oxygens (including phenoxy) is 4. The van der Waals surface area contributed by atoms with Gasteiger partial charge in [0.05, 0.1) is 30.9 Å². The van der Waals surface area contributed by atoms with E-state index >= 15 is 0 Å². The lowest BCUT2D eigenvalue weighted by Gasteiger charge is -2.12. The van der Waals surface area contributed by atoms with E-state index in [9.17, 15) is 10.2 Å². The Morgan fingerprint density at radius 1 is 0.667 bits per heavy atom. The van der Waals surface area contributed by atoms with E-state index in [2.05, 4.69) is 15.0 Å². The minimum absolute atomic E-state index is 0.0449. The van der Waals surface area contributed by atoms with E-state index in [1.807, 2.05) is 13.8 Å². The van der Waals surface area contributed by atoms with Gasteiger partial charge in [-0.05, 0) is 37.1 Å². The molecule has 0 aliphatic heterocycles. The van der Waals surface area contributed by atoms with Crippen molar-refractivity contribution in [2.24, 2.45) is 0 Å². The van der Waals surface area contributed by atoms with Crippen molar-refractivity contribution < 1.29 is 29.2 Å². The topological polar surface area (TPSA) is 116 Å². The average molecular weight is 456 g/mol. The van der Waals surface area contributed by atoms with Gasteiger partial charge in [-0.1, -0.05) is 13.8 Å². The van der Waals surface area contributed by atoms with Crippen LogP contribution in [0.15, 0.2) is 36.4 Å². The summed E-state index contributed by atoms with van der Waals surface area (Å²) in [7, 11) is 1.56. The second kappa shape index (κ2) is 11.9. The summed E-state index contributed by atoms with van der Waals surface area (Å²) in [6, 6.07) is 9.87. The summed E-state index contributed by atoms with van der Waals surface area (Å²) in [6.45, 7) is 5.67. The third-order valence-electron chi connectivity index (χ3n) is 4.50. The van der Waals surface area contributed by atoms with Crippen LogP contribution in [0.1, 0.15) is 26.7 Å². The fourth-order valence-corrected chi connectivity index (χ4v) is 2.90. The number of hydrogen-bond acceptors (Lipinski definition) is 9. The fourth-order valence-electron chi connectivity index (χ4n) is 2.90. The van der Waals surface area contributed by atoms with Crippen molar-refractivity contribution in [3.63, 3.8) is 0 Å². The molecular weight excluding hydrogens is 426 g/mol. The van der Waals surface area contributed by atoms with Crippen LogP contribution in [0.5, 0.6) is 29.0 Å². The predicted molar refractivity (Wildman–Crippen MR) is 123 cm³/mol. The van der Waals surface area contributed by atoms with Gasteiger partial charge >= 0.3 is 6.01 Å². The van der Waals surface area contributed by atoms with Gasteiger partial charge in [-0.25, -0.2) is 4.98 Å². The molecule has 0 bridgehead atoms. The standard InChI is InChI=1S/C24H29N3O6/c1-4-10-31-16-6-8-18(20(28)14-16)22-25-23(27-24(26-22)33-13-12-30-3)19-9-7-17(15-21(19)29)32-11-5-2/h6-9,14-15,28-29H,4-5,10-13H2,1-3H3. The van der Waals surface area contributed by atoms with Crippen molar-refractivity contribution in [1.29, 1.82) is 0 Å². The Kier molecular flexibility index (Phi) is 8.65. The smallest absolute Gasteiger partial charge is 0.320 e. The predicted octanol–water partition coefficient (Wildman–Crippen LogP) is 4.22. The Morgan fingerprint density at radius 3 is 1.61 bits per heavy atom. The van der Waals surface area contributed by atoms with E-state index in [4.69, 9.17) is 18.9 Å². The number of aromatic nitrogens is 3. The number of phenols is 2. The highest BCUT2D eigenvalue weighted by Crippen LogP contribution is 2.35. The molecule has 2 N–H and O–H groups in total. The normalized spacial score (nSPS) is 10.8. The van der Waals surface area contributed by atoms with E-state index in [1.165, 1.54) is 12.1 Å². The van der Waals surface area contributed by atoms with Crippen LogP contribution in [0.3, 0.4) is 0 Å². The van der Waals surface area contributed by atoms with Crippen LogP contribution in [0.4, 0.5) is 0 Å². The van der Waals surface area contributed by atoms with Crippen molar-refractivity contribution in [2.45, 2.75) is 26.7 Å². The van der Waals surface area contributed by atoms with Crippen LogP contribution in [-0.2, 0) is 4.74 Å². The second-order valence-electron chi connectivity index (χ2n) is 7.16. The molecule has 33 heavy (non-hydrogen) atoms. The average Bonchev–Trinajstić information content (AvgIpc) is 2.81. The van der Waals surface area contributed by atoms with Crippen molar-refractivity contribution >= 4 is 0 Å². The van der Waals surface area contributed by atoms with E-state index < -0.39 is 0 Å². The van der Waals surface area contributed by atoms with Crippen LogP contribution in [0.25, 0.3) is 22.8 Å². The van der Waals surface area contributed by atoms with Gasteiger partial charge in [0.2, 0.25) is 0 Å². The third-order valence-corrected chi connectivity index (χ3v) is 4.50. The lowest BCUT2D eigenvalue weighted by atomic mass is 10.1. The summed E-state index contributed by atoms with van der Waals surface area (Å²) in [5, 5.41) is 21.2. The van der Waals surface area contributed by atoms with Gasteiger partial charge in [0, 0.05) is 19.2 Å². The monoisotopic (exact) mass is 455 g/mol. The van der Waals surface area contributed by atoms with Gasteiger partial charge in [-0.3, -0.25) is 0 Å². The Hall–Kier alpha value is -3.59. The molecule has 0 spiro atoms. The molecule has 0 saturated carbocycles. The summed E-state index contributed by atoms with van der Waals surface area (Å²) in [5.74, 6) is 1.39. The largest absolute Gasteiger partial charge is 0.507 e. The molecule has 0 aliphatic rings. The first-order valence-electron chi connectivity index (χ1n) is 10.9. The van der Waals surface area contributed by atoms with Crippen LogP contribution in [-0.4, -0.2) is 58.7 Å². The van der Waals surface area contributed by atoms with Gasteiger partial charge in [-0.15, -0.1) is 0 Å². The number of methoxy groups -OCH3 is 1. The zero-order chi connectivity index (χ0) is 23.6. The van der Waals surface area contributed by atoms with Crippen LogP contribution in [0.2, 0.25) is 0 Å². The number of benzene rings is 2. The SMILES string of the molecule is CCCOc1ccc(-c2nc(OCCOC)nc(-c3ccc(OCCC)cc3O)n2)c(O)c1.